The number of hydrogen-bond donors (Lipinski definition) is 2. The zero-order valence-corrected chi connectivity index (χ0v) is 13.2. The number of rotatable bonds is 8. The lowest BCUT2D eigenvalue weighted by Gasteiger charge is -2.08. The second-order valence-electron chi connectivity index (χ2n) is 3.93. The lowest BCUT2D eigenvalue weighted by atomic mass is 10.2. The van der Waals surface area contributed by atoms with Crippen molar-refractivity contribution < 1.29 is 23.1 Å². The summed E-state index contributed by atoms with van der Waals surface area (Å²) in [6, 6.07) is 3.45. The van der Waals surface area contributed by atoms with E-state index >= 15 is 0 Å². The maximum Gasteiger partial charge on any atom is 0.341 e. The number of esters is 1. The number of phenolic OH excluding ortho intramolecular Hbond substituents is 1. The summed E-state index contributed by atoms with van der Waals surface area (Å²) in [4.78, 5) is 11.3. The standard InChI is InChI=1S/C13H17NO5S2/c1-3-7-20-8-6-14-21(17,18)10-4-5-12(15)11(9-10)13(16)19-2/h3-5,9,14-15H,1,6-8H2,2H3. The summed E-state index contributed by atoms with van der Waals surface area (Å²) in [6.45, 7) is 3.83. The molecule has 0 spiro atoms. The van der Waals surface area contributed by atoms with Gasteiger partial charge in [0.2, 0.25) is 10.0 Å². The van der Waals surface area contributed by atoms with Crippen molar-refractivity contribution in [3.8, 4) is 5.75 Å². The monoisotopic (exact) mass is 331 g/mol. The van der Waals surface area contributed by atoms with Crippen LogP contribution in [0.4, 0.5) is 0 Å². The first-order valence-corrected chi connectivity index (χ1v) is 8.65. The van der Waals surface area contributed by atoms with Gasteiger partial charge in [-0.1, -0.05) is 6.08 Å². The highest BCUT2D eigenvalue weighted by atomic mass is 32.2. The maximum atomic E-state index is 12.1. The molecule has 0 unspecified atom stereocenters. The largest absolute Gasteiger partial charge is 0.507 e. The van der Waals surface area contributed by atoms with Gasteiger partial charge < -0.3 is 9.84 Å². The van der Waals surface area contributed by atoms with Crippen LogP contribution in [0.5, 0.6) is 5.75 Å². The number of methoxy groups -OCH3 is 1. The van der Waals surface area contributed by atoms with Crippen LogP contribution in [0.25, 0.3) is 0 Å². The van der Waals surface area contributed by atoms with Crippen molar-refractivity contribution in [1.29, 1.82) is 0 Å². The number of aromatic hydroxyl groups is 1. The second-order valence-corrected chi connectivity index (χ2v) is 6.85. The number of hydrogen-bond acceptors (Lipinski definition) is 6. The number of thioether (sulfide) groups is 1. The summed E-state index contributed by atoms with van der Waals surface area (Å²) in [7, 11) is -2.59. The highest BCUT2D eigenvalue weighted by Crippen LogP contribution is 2.22. The molecule has 116 valence electrons. The van der Waals surface area contributed by atoms with E-state index in [0.717, 1.165) is 25.0 Å². The van der Waals surface area contributed by atoms with Crippen molar-refractivity contribution in [2.24, 2.45) is 0 Å². The van der Waals surface area contributed by atoms with E-state index in [2.05, 4.69) is 16.0 Å². The molecule has 0 saturated heterocycles. The van der Waals surface area contributed by atoms with Crippen LogP contribution < -0.4 is 4.72 Å². The van der Waals surface area contributed by atoms with E-state index < -0.39 is 16.0 Å². The molecule has 21 heavy (non-hydrogen) atoms. The first kappa shape index (κ1) is 17.5. The number of nitrogens with one attached hydrogen (secondary N) is 1. The van der Waals surface area contributed by atoms with Gasteiger partial charge in [0.05, 0.1) is 12.0 Å². The Bertz CT molecular complexity index is 613. The van der Waals surface area contributed by atoms with Crippen LogP contribution in [-0.2, 0) is 14.8 Å². The number of phenols is 1. The first-order valence-electron chi connectivity index (χ1n) is 6.02. The molecule has 0 heterocycles. The Morgan fingerprint density at radius 2 is 2.24 bits per heavy atom. The molecule has 2 N–H and O–H groups in total. The highest BCUT2D eigenvalue weighted by molar-refractivity contribution is 7.99. The predicted octanol–water partition coefficient (Wildman–Crippen LogP) is 1.38. The average molecular weight is 331 g/mol. The van der Waals surface area contributed by atoms with Crippen molar-refractivity contribution in [3.63, 3.8) is 0 Å². The summed E-state index contributed by atoms with van der Waals surface area (Å²) in [5.41, 5.74) is -0.193. The molecule has 0 bridgehead atoms. The molecule has 1 aromatic carbocycles. The van der Waals surface area contributed by atoms with E-state index in [4.69, 9.17) is 0 Å². The Hall–Kier alpha value is -1.51. The number of sulfonamides is 1. The molecule has 0 amide bonds. The molecule has 0 radical (unpaired) electrons. The fraction of sp³-hybridized carbons (Fsp3) is 0.308. The third kappa shape index (κ3) is 5.07. The summed E-state index contributed by atoms with van der Waals surface area (Å²) < 4.78 is 31.0. The minimum Gasteiger partial charge on any atom is -0.507 e. The molecule has 8 heteroatoms. The maximum absolute atomic E-state index is 12.1. The van der Waals surface area contributed by atoms with Gasteiger partial charge in [-0.2, -0.15) is 11.8 Å². The third-order valence-corrected chi connectivity index (χ3v) is 4.88. The molecular formula is C13H17NO5S2. The van der Waals surface area contributed by atoms with Crippen molar-refractivity contribution in [2.45, 2.75) is 4.90 Å². The molecule has 1 aromatic rings. The van der Waals surface area contributed by atoms with Gasteiger partial charge in [-0.25, -0.2) is 17.9 Å². The van der Waals surface area contributed by atoms with Crippen LogP contribution in [0.2, 0.25) is 0 Å². The zero-order chi connectivity index (χ0) is 15.9. The lowest BCUT2D eigenvalue weighted by molar-refractivity contribution is 0.0597. The number of carbonyl (C=O) groups excluding carboxylic acids is 1. The average Bonchev–Trinajstić information content (AvgIpc) is 2.46. The molecule has 0 aliphatic carbocycles. The molecule has 0 saturated carbocycles. The van der Waals surface area contributed by atoms with Crippen LogP contribution in [0, 0.1) is 0 Å². The van der Waals surface area contributed by atoms with Crippen LogP contribution in [0.1, 0.15) is 10.4 Å². The van der Waals surface area contributed by atoms with E-state index in [1.54, 1.807) is 17.8 Å². The summed E-state index contributed by atoms with van der Waals surface area (Å²) >= 11 is 1.54. The molecule has 0 atom stereocenters. The van der Waals surface area contributed by atoms with Crippen molar-refractivity contribution in [2.75, 3.05) is 25.2 Å². The van der Waals surface area contributed by atoms with E-state index in [1.165, 1.54) is 6.07 Å². The minimum atomic E-state index is -3.74. The molecule has 0 aliphatic rings. The van der Waals surface area contributed by atoms with Gasteiger partial charge in [-0.05, 0) is 18.2 Å². The van der Waals surface area contributed by atoms with Crippen LogP contribution in [0.3, 0.4) is 0 Å². The summed E-state index contributed by atoms with van der Waals surface area (Å²) in [5, 5.41) is 9.55. The SMILES string of the molecule is C=CCSCCNS(=O)(=O)c1ccc(O)c(C(=O)OC)c1. The van der Waals surface area contributed by atoms with Crippen LogP contribution in [-0.4, -0.2) is 44.7 Å². The lowest BCUT2D eigenvalue weighted by Crippen LogP contribution is -2.26. The molecule has 0 aliphatic heterocycles. The zero-order valence-electron chi connectivity index (χ0n) is 11.5. The predicted molar refractivity (Wildman–Crippen MR) is 82.2 cm³/mol. The third-order valence-electron chi connectivity index (χ3n) is 2.46. The van der Waals surface area contributed by atoms with E-state index in [9.17, 15) is 18.3 Å². The normalized spacial score (nSPS) is 11.1. The summed E-state index contributed by atoms with van der Waals surface area (Å²) in [6.07, 6.45) is 1.74. The molecular weight excluding hydrogens is 314 g/mol. The number of benzene rings is 1. The van der Waals surface area contributed by atoms with Crippen LogP contribution in [0.15, 0.2) is 35.7 Å². The van der Waals surface area contributed by atoms with Crippen molar-refractivity contribution in [1.82, 2.24) is 4.72 Å². The number of carbonyl (C=O) groups is 1. The molecule has 6 nitrogen and oxygen atoms in total. The second kappa shape index (κ2) is 8.06. The van der Waals surface area contributed by atoms with E-state index in [0.29, 0.717) is 5.75 Å². The quantitative estimate of drug-likeness (QED) is 0.425. The van der Waals surface area contributed by atoms with Gasteiger partial charge in [0.25, 0.3) is 0 Å². The fourth-order valence-corrected chi connectivity index (χ4v) is 3.22. The minimum absolute atomic E-state index is 0.102. The van der Waals surface area contributed by atoms with E-state index in [1.807, 2.05) is 0 Å². The van der Waals surface area contributed by atoms with Gasteiger partial charge in [-0.15, -0.1) is 6.58 Å². The van der Waals surface area contributed by atoms with Gasteiger partial charge in [-0.3, -0.25) is 0 Å². The van der Waals surface area contributed by atoms with Crippen molar-refractivity contribution in [3.05, 3.63) is 36.4 Å². The summed E-state index contributed by atoms with van der Waals surface area (Å²) in [5.74, 6) is 0.217. The first-order chi connectivity index (χ1) is 9.92. The van der Waals surface area contributed by atoms with Gasteiger partial charge in [0.1, 0.15) is 11.3 Å². The Labute approximate surface area is 128 Å². The molecule has 0 aromatic heterocycles. The van der Waals surface area contributed by atoms with Gasteiger partial charge in [0, 0.05) is 18.1 Å². The Morgan fingerprint density at radius 1 is 1.52 bits per heavy atom. The Kier molecular flexibility index (Phi) is 6.73. The highest BCUT2D eigenvalue weighted by Gasteiger charge is 2.19. The smallest absolute Gasteiger partial charge is 0.341 e. The molecule has 1 rings (SSSR count). The fourth-order valence-electron chi connectivity index (χ4n) is 1.45. The van der Waals surface area contributed by atoms with Crippen molar-refractivity contribution >= 4 is 27.8 Å². The number of ether oxygens (including phenoxy) is 1. The van der Waals surface area contributed by atoms with Gasteiger partial charge in [0.15, 0.2) is 0 Å². The Morgan fingerprint density at radius 3 is 2.86 bits per heavy atom. The topological polar surface area (TPSA) is 92.7 Å². The van der Waals surface area contributed by atoms with Crippen LogP contribution >= 0.6 is 11.8 Å². The van der Waals surface area contributed by atoms with E-state index in [-0.39, 0.29) is 22.8 Å². The Balaban J connectivity index is 2.83. The van der Waals surface area contributed by atoms with Gasteiger partial charge >= 0.3 is 5.97 Å². The molecule has 0 fully saturated rings.